The van der Waals surface area contributed by atoms with Crippen molar-refractivity contribution in [2.24, 2.45) is 5.73 Å². The molecule has 2 aliphatic heterocycles. The Labute approximate surface area is 114 Å². The van der Waals surface area contributed by atoms with Gasteiger partial charge in [-0.25, -0.2) is 4.79 Å². The van der Waals surface area contributed by atoms with Gasteiger partial charge in [-0.05, 0) is 25.7 Å². The summed E-state index contributed by atoms with van der Waals surface area (Å²) in [6.07, 6.45) is 8.33. The average molecular weight is 268 g/mol. The standard InChI is InChI=1S/C14H24N2O3/c15-8-12-10-16(13(17)18-12)9-11-4-7-14(19-11)5-2-1-3-6-14/h11-12H,1-10,15H2. The van der Waals surface area contributed by atoms with Gasteiger partial charge in [0.15, 0.2) is 0 Å². The van der Waals surface area contributed by atoms with E-state index in [0.29, 0.717) is 19.6 Å². The van der Waals surface area contributed by atoms with Crippen molar-refractivity contribution in [2.45, 2.75) is 62.8 Å². The summed E-state index contributed by atoms with van der Waals surface area (Å²) in [5, 5.41) is 0. The van der Waals surface area contributed by atoms with Gasteiger partial charge in [-0.3, -0.25) is 0 Å². The monoisotopic (exact) mass is 268 g/mol. The molecule has 3 rings (SSSR count). The van der Waals surface area contributed by atoms with E-state index in [1.807, 2.05) is 0 Å². The highest BCUT2D eigenvalue weighted by molar-refractivity contribution is 5.69. The zero-order valence-corrected chi connectivity index (χ0v) is 11.5. The fraction of sp³-hybridized carbons (Fsp3) is 0.929. The summed E-state index contributed by atoms with van der Waals surface area (Å²) in [7, 11) is 0. The Morgan fingerprint density at radius 2 is 2.00 bits per heavy atom. The second-order valence-electron chi connectivity index (χ2n) is 6.17. The number of hydrogen-bond donors (Lipinski definition) is 1. The molecule has 2 unspecified atom stereocenters. The number of amides is 1. The number of cyclic esters (lactones) is 1. The summed E-state index contributed by atoms with van der Waals surface area (Å²) < 4.78 is 11.5. The first-order valence-corrected chi connectivity index (χ1v) is 7.54. The summed E-state index contributed by atoms with van der Waals surface area (Å²) in [4.78, 5) is 13.4. The van der Waals surface area contributed by atoms with Crippen LogP contribution in [0.2, 0.25) is 0 Å². The third-order valence-corrected chi connectivity index (χ3v) is 4.74. The quantitative estimate of drug-likeness (QED) is 0.845. The van der Waals surface area contributed by atoms with E-state index in [-0.39, 0.29) is 23.9 Å². The predicted molar refractivity (Wildman–Crippen MR) is 70.8 cm³/mol. The maximum absolute atomic E-state index is 11.7. The number of nitrogens with zero attached hydrogens (tertiary/aromatic N) is 1. The van der Waals surface area contributed by atoms with Crippen LogP contribution in [0.3, 0.4) is 0 Å². The van der Waals surface area contributed by atoms with E-state index in [1.165, 1.54) is 32.1 Å². The van der Waals surface area contributed by atoms with Crippen LogP contribution in [0.25, 0.3) is 0 Å². The van der Waals surface area contributed by atoms with Gasteiger partial charge >= 0.3 is 6.09 Å². The van der Waals surface area contributed by atoms with Crippen molar-refractivity contribution in [2.75, 3.05) is 19.6 Å². The van der Waals surface area contributed by atoms with E-state index in [4.69, 9.17) is 15.2 Å². The summed E-state index contributed by atoms with van der Waals surface area (Å²) in [6, 6.07) is 0. The number of nitrogens with two attached hydrogens (primary N) is 1. The molecule has 2 atom stereocenters. The fourth-order valence-corrected chi connectivity index (χ4v) is 3.68. The molecule has 1 amide bonds. The molecule has 0 bridgehead atoms. The van der Waals surface area contributed by atoms with Crippen LogP contribution in [0.1, 0.15) is 44.9 Å². The van der Waals surface area contributed by atoms with Crippen LogP contribution < -0.4 is 5.73 Å². The molecule has 3 aliphatic rings. The van der Waals surface area contributed by atoms with Gasteiger partial charge in [-0.2, -0.15) is 0 Å². The zero-order valence-electron chi connectivity index (χ0n) is 11.5. The molecule has 5 heteroatoms. The lowest BCUT2D eigenvalue weighted by Crippen LogP contribution is -2.37. The normalized spacial score (nSPS) is 33.9. The first kappa shape index (κ1) is 13.2. The van der Waals surface area contributed by atoms with Gasteiger partial charge in [-0.15, -0.1) is 0 Å². The zero-order chi connectivity index (χ0) is 13.3. The maximum atomic E-state index is 11.7. The van der Waals surface area contributed by atoms with E-state index in [2.05, 4.69) is 0 Å². The Morgan fingerprint density at radius 1 is 1.21 bits per heavy atom. The number of ether oxygens (including phenoxy) is 2. The topological polar surface area (TPSA) is 64.8 Å². The lowest BCUT2D eigenvalue weighted by atomic mass is 9.83. The van der Waals surface area contributed by atoms with Gasteiger partial charge in [0.1, 0.15) is 6.10 Å². The van der Waals surface area contributed by atoms with Crippen LogP contribution in [0.15, 0.2) is 0 Å². The average Bonchev–Trinajstić information content (AvgIpc) is 2.96. The molecule has 0 aromatic rings. The van der Waals surface area contributed by atoms with Gasteiger partial charge in [-0.1, -0.05) is 19.3 Å². The molecule has 2 heterocycles. The minimum Gasteiger partial charge on any atom is -0.443 e. The lowest BCUT2D eigenvalue weighted by molar-refractivity contribution is -0.0683. The van der Waals surface area contributed by atoms with Gasteiger partial charge in [0.2, 0.25) is 0 Å². The Hall–Kier alpha value is -0.810. The summed E-state index contributed by atoms with van der Waals surface area (Å²) >= 11 is 0. The maximum Gasteiger partial charge on any atom is 0.410 e. The molecule has 0 aromatic heterocycles. The van der Waals surface area contributed by atoms with Crippen molar-refractivity contribution in [1.82, 2.24) is 4.90 Å². The van der Waals surface area contributed by atoms with Crippen molar-refractivity contribution in [3.05, 3.63) is 0 Å². The lowest BCUT2D eigenvalue weighted by Gasteiger charge is -2.33. The highest BCUT2D eigenvalue weighted by atomic mass is 16.6. The minimum atomic E-state index is -0.233. The first-order chi connectivity index (χ1) is 9.21. The van der Waals surface area contributed by atoms with Crippen LogP contribution in [0.5, 0.6) is 0 Å². The molecule has 0 radical (unpaired) electrons. The van der Waals surface area contributed by atoms with Gasteiger partial charge in [0.25, 0.3) is 0 Å². The molecule has 5 nitrogen and oxygen atoms in total. The van der Waals surface area contributed by atoms with E-state index in [0.717, 1.165) is 12.8 Å². The highest BCUT2D eigenvalue weighted by Crippen LogP contribution is 2.42. The van der Waals surface area contributed by atoms with Crippen molar-refractivity contribution in [1.29, 1.82) is 0 Å². The number of carbonyl (C=O) groups excluding carboxylic acids is 1. The van der Waals surface area contributed by atoms with Gasteiger partial charge in [0, 0.05) is 6.54 Å². The second-order valence-corrected chi connectivity index (χ2v) is 6.17. The summed E-state index contributed by atoms with van der Waals surface area (Å²) in [5.74, 6) is 0. The van der Waals surface area contributed by atoms with E-state index >= 15 is 0 Å². The number of carbonyl (C=O) groups is 1. The SMILES string of the molecule is NCC1CN(CC2CCC3(CCCCC3)O2)C(=O)O1. The Kier molecular flexibility index (Phi) is 3.67. The molecule has 19 heavy (non-hydrogen) atoms. The third-order valence-electron chi connectivity index (χ3n) is 4.74. The molecule has 1 saturated carbocycles. The largest absolute Gasteiger partial charge is 0.443 e. The Balaban J connectivity index is 1.53. The van der Waals surface area contributed by atoms with Crippen LogP contribution in [0.4, 0.5) is 4.79 Å². The van der Waals surface area contributed by atoms with Crippen LogP contribution in [-0.2, 0) is 9.47 Å². The molecular formula is C14H24N2O3. The van der Waals surface area contributed by atoms with Crippen molar-refractivity contribution >= 4 is 6.09 Å². The fourth-order valence-electron chi connectivity index (χ4n) is 3.68. The highest BCUT2D eigenvalue weighted by Gasteiger charge is 2.42. The molecule has 1 spiro atoms. The second kappa shape index (κ2) is 5.29. The van der Waals surface area contributed by atoms with Crippen LogP contribution in [0, 0.1) is 0 Å². The number of hydrogen-bond acceptors (Lipinski definition) is 4. The molecule has 3 fully saturated rings. The molecule has 1 aliphatic carbocycles. The van der Waals surface area contributed by atoms with Gasteiger partial charge in [0.05, 0.1) is 24.8 Å². The van der Waals surface area contributed by atoms with Crippen molar-refractivity contribution < 1.29 is 14.3 Å². The van der Waals surface area contributed by atoms with Gasteiger partial charge < -0.3 is 20.1 Å². The molecule has 0 aromatic carbocycles. The van der Waals surface area contributed by atoms with E-state index < -0.39 is 0 Å². The van der Waals surface area contributed by atoms with Crippen LogP contribution in [-0.4, -0.2) is 48.4 Å². The summed E-state index contributed by atoms with van der Waals surface area (Å²) in [5.41, 5.74) is 5.67. The van der Waals surface area contributed by atoms with E-state index in [1.54, 1.807) is 4.90 Å². The smallest absolute Gasteiger partial charge is 0.410 e. The van der Waals surface area contributed by atoms with Crippen LogP contribution >= 0.6 is 0 Å². The molecule has 2 saturated heterocycles. The third kappa shape index (κ3) is 2.72. The number of rotatable bonds is 3. The van der Waals surface area contributed by atoms with E-state index in [9.17, 15) is 4.79 Å². The summed E-state index contributed by atoms with van der Waals surface area (Å²) in [6.45, 7) is 1.68. The minimum absolute atomic E-state index is 0.125. The predicted octanol–water partition coefficient (Wildman–Crippen LogP) is 1.65. The first-order valence-electron chi connectivity index (χ1n) is 7.54. The van der Waals surface area contributed by atoms with Crippen molar-refractivity contribution in [3.8, 4) is 0 Å². The Morgan fingerprint density at radius 3 is 2.68 bits per heavy atom. The Bertz CT molecular complexity index is 342. The van der Waals surface area contributed by atoms with Crippen molar-refractivity contribution in [3.63, 3.8) is 0 Å². The molecular weight excluding hydrogens is 244 g/mol. The molecule has 2 N–H and O–H groups in total. The molecule has 108 valence electrons.